The number of nitrogens with one attached hydrogen (secondary N) is 1. The lowest BCUT2D eigenvalue weighted by atomic mass is 9.88. The van der Waals surface area contributed by atoms with Gasteiger partial charge < -0.3 is 19.4 Å². The quantitative estimate of drug-likeness (QED) is 0.339. The second-order valence-corrected chi connectivity index (χ2v) is 8.17. The first-order valence-corrected chi connectivity index (χ1v) is 10.7. The molecule has 5 nitrogen and oxygen atoms in total. The number of halogens is 1. The van der Waals surface area contributed by atoms with Crippen molar-refractivity contribution in [1.82, 2.24) is 5.32 Å². The van der Waals surface area contributed by atoms with E-state index in [0.717, 1.165) is 42.6 Å². The third kappa shape index (κ3) is 4.51. The Balaban J connectivity index is 0.00000245. The number of aliphatic hydroxyl groups excluding tert-OH is 1. The summed E-state index contributed by atoms with van der Waals surface area (Å²) >= 11 is 0. The van der Waals surface area contributed by atoms with Crippen molar-refractivity contribution >= 4 is 18.7 Å². The van der Waals surface area contributed by atoms with Crippen molar-refractivity contribution in [2.45, 2.75) is 44.1 Å². The Hall–Kier alpha value is -2.86. The van der Waals surface area contributed by atoms with Gasteiger partial charge in [0.05, 0.1) is 0 Å². The van der Waals surface area contributed by atoms with Gasteiger partial charge in [-0.2, -0.15) is 0 Å². The Morgan fingerprint density at radius 1 is 0.969 bits per heavy atom. The SMILES string of the molecule is Cl.O=CC(O)C(NC1CCc2ccccc2C1)Oc1cccc2c1Oc1ccccc1C2. The van der Waals surface area contributed by atoms with Crippen molar-refractivity contribution in [1.29, 1.82) is 0 Å². The van der Waals surface area contributed by atoms with E-state index < -0.39 is 12.3 Å². The number of ether oxygens (including phenoxy) is 2. The number of aldehydes is 1. The molecule has 0 fully saturated rings. The van der Waals surface area contributed by atoms with Gasteiger partial charge in [-0.15, -0.1) is 12.4 Å². The van der Waals surface area contributed by atoms with E-state index in [4.69, 9.17) is 9.47 Å². The summed E-state index contributed by atoms with van der Waals surface area (Å²) in [6, 6.07) is 22.2. The zero-order chi connectivity index (χ0) is 21.2. The van der Waals surface area contributed by atoms with Crippen LogP contribution in [0.25, 0.3) is 0 Å². The van der Waals surface area contributed by atoms with Gasteiger partial charge in [-0.05, 0) is 48.1 Å². The molecular formula is C26H26ClNO4. The van der Waals surface area contributed by atoms with E-state index in [1.807, 2.05) is 48.5 Å². The molecular weight excluding hydrogens is 426 g/mol. The van der Waals surface area contributed by atoms with Gasteiger partial charge >= 0.3 is 0 Å². The number of fused-ring (bicyclic) bond motifs is 3. The highest BCUT2D eigenvalue weighted by Gasteiger charge is 2.29. The van der Waals surface area contributed by atoms with Crippen LogP contribution >= 0.6 is 12.4 Å². The molecule has 1 aliphatic heterocycles. The molecule has 3 unspecified atom stereocenters. The van der Waals surface area contributed by atoms with Crippen LogP contribution in [0.1, 0.15) is 28.7 Å². The molecule has 1 heterocycles. The third-order valence-corrected chi connectivity index (χ3v) is 6.08. The molecule has 3 aromatic rings. The largest absolute Gasteiger partial charge is 0.468 e. The number of carbonyl (C=O) groups is 1. The maximum absolute atomic E-state index is 11.4. The molecule has 3 atom stereocenters. The van der Waals surface area contributed by atoms with Crippen LogP contribution in [0.2, 0.25) is 0 Å². The van der Waals surface area contributed by atoms with Crippen LogP contribution in [0, 0.1) is 0 Å². The summed E-state index contributed by atoms with van der Waals surface area (Å²) in [6.45, 7) is 0. The van der Waals surface area contributed by atoms with Gasteiger partial charge in [-0.3, -0.25) is 5.32 Å². The van der Waals surface area contributed by atoms with Gasteiger partial charge in [0.2, 0.25) is 0 Å². The highest BCUT2D eigenvalue weighted by Crippen LogP contribution is 2.42. The molecule has 3 aromatic carbocycles. The monoisotopic (exact) mass is 451 g/mol. The fourth-order valence-electron chi connectivity index (χ4n) is 4.46. The molecule has 0 spiro atoms. The molecule has 0 saturated heterocycles. The fourth-order valence-corrected chi connectivity index (χ4v) is 4.46. The van der Waals surface area contributed by atoms with Crippen LogP contribution in [-0.2, 0) is 24.1 Å². The summed E-state index contributed by atoms with van der Waals surface area (Å²) in [6.07, 6.45) is 1.82. The van der Waals surface area contributed by atoms with Crippen molar-refractivity contribution < 1.29 is 19.4 Å². The lowest BCUT2D eigenvalue weighted by Gasteiger charge is -2.32. The second-order valence-electron chi connectivity index (χ2n) is 8.17. The van der Waals surface area contributed by atoms with Crippen molar-refractivity contribution in [2.75, 3.05) is 0 Å². The molecule has 2 N–H and O–H groups in total. The zero-order valence-corrected chi connectivity index (χ0v) is 18.4. The van der Waals surface area contributed by atoms with E-state index in [2.05, 4.69) is 23.5 Å². The molecule has 166 valence electrons. The number of aryl methyl sites for hydroxylation is 1. The number of rotatable bonds is 6. The molecule has 5 rings (SSSR count). The Bertz CT molecular complexity index is 1100. The summed E-state index contributed by atoms with van der Waals surface area (Å²) in [5, 5.41) is 13.7. The average Bonchev–Trinajstić information content (AvgIpc) is 2.82. The normalized spacial score (nSPS) is 18.0. The molecule has 0 bridgehead atoms. The van der Waals surface area contributed by atoms with Crippen LogP contribution in [0.4, 0.5) is 0 Å². The molecule has 0 radical (unpaired) electrons. The minimum absolute atomic E-state index is 0. The van der Waals surface area contributed by atoms with Gasteiger partial charge in [0, 0.05) is 18.0 Å². The summed E-state index contributed by atoms with van der Waals surface area (Å²) in [4.78, 5) is 11.4. The predicted octanol–water partition coefficient (Wildman–Crippen LogP) is 4.22. The van der Waals surface area contributed by atoms with E-state index in [1.54, 1.807) is 0 Å². The molecule has 2 aliphatic rings. The Morgan fingerprint density at radius 3 is 2.50 bits per heavy atom. The molecule has 0 aromatic heterocycles. The van der Waals surface area contributed by atoms with Crippen LogP contribution in [-0.4, -0.2) is 29.8 Å². The molecule has 0 amide bonds. The van der Waals surface area contributed by atoms with E-state index in [-0.39, 0.29) is 18.4 Å². The minimum Gasteiger partial charge on any atom is -0.468 e. The standard InChI is InChI=1S/C26H25NO4.ClH/c28-16-22(29)26(27-21-13-12-17-6-1-2-7-18(17)15-21)31-24-11-5-9-20-14-19-8-3-4-10-23(19)30-25(20)24;/h1-11,16,21-22,26-27,29H,12-15H2;1H. The van der Waals surface area contributed by atoms with Crippen molar-refractivity contribution in [3.05, 3.63) is 89.0 Å². The Kier molecular flexibility index (Phi) is 6.80. The van der Waals surface area contributed by atoms with Crippen LogP contribution in [0.3, 0.4) is 0 Å². The van der Waals surface area contributed by atoms with Crippen LogP contribution in [0.15, 0.2) is 66.7 Å². The summed E-state index contributed by atoms with van der Waals surface area (Å²) in [5.41, 5.74) is 4.79. The second kappa shape index (κ2) is 9.74. The first-order valence-electron chi connectivity index (χ1n) is 10.7. The van der Waals surface area contributed by atoms with Gasteiger partial charge in [0.15, 0.2) is 30.1 Å². The highest BCUT2D eigenvalue weighted by molar-refractivity contribution is 5.85. The van der Waals surface area contributed by atoms with Crippen molar-refractivity contribution in [2.24, 2.45) is 0 Å². The summed E-state index contributed by atoms with van der Waals surface area (Å²) < 4.78 is 12.3. The first-order chi connectivity index (χ1) is 15.2. The minimum atomic E-state index is -1.29. The maximum Gasteiger partial charge on any atom is 0.183 e. The molecule has 32 heavy (non-hydrogen) atoms. The molecule has 0 saturated carbocycles. The number of para-hydroxylation sites is 2. The van der Waals surface area contributed by atoms with E-state index in [9.17, 15) is 9.90 Å². The number of aliphatic hydroxyl groups is 1. The van der Waals surface area contributed by atoms with Gasteiger partial charge in [0.25, 0.3) is 0 Å². The lowest BCUT2D eigenvalue weighted by Crippen LogP contribution is -2.51. The zero-order valence-electron chi connectivity index (χ0n) is 17.6. The molecule has 6 heteroatoms. The summed E-state index contributed by atoms with van der Waals surface area (Å²) in [7, 11) is 0. The van der Waals surface area contributed by atoms with Gasteiger partial charge in [-0.25, -0.2) is 0 Å². The summed E-state index contributed by atoms with van der Waals surface area (Å²) in [5.74, 6) is 1.96. The van der Waals surface area contributed by atoms with Gasteiger partial charge in [-0.1, -0.05) is 54.6 Å². The molecule has 1 aliphatic carbocycles. The van der Waals surface area contributed by atoms with E-state index in [0.29, 0.717) is 17.8 Å². The highest BCUT2D eigenvalue weighted by atomic mass is 35.5. The van der Waals surface area contributed by atoms with Crippen molar-refractivity contribution in [3.63, 3.8) is 0 Å². The maximum atomic E-state index is 11.4. The van der Waals surface area contributed by atoms with Crippen LogP contribution in [0.5, 0.6) is 17.2 Å². The number of benzene rings is 3. The Labute approximate surface area is 193 Å². The Morgan fingerprint density at radius 2 is 1.69 bits per heavy atom. The number of hydrogen-bond donors (Lipinski definition) is 2. The lowest BCUT2D eigenvalue weighted by molar-refractivity contribution is -0.120. The van der Waals surface area contributed by atoms with Gasteiger partial charge in [0.1, 0.15) is 5.75 Å². The third-order valence-electron chi connectivity index (χ3n) is 6.08. The number of carbonyl (C=O) groups excluding carboxylic acids is 1. The predicted molar refractivity (Wildman–Crippen MR) is 125 cm³/mol. The smallest absolute Gasteiger partial charge is 0.183 e. The van der Waals surface area contributed by atoms with Crippen LogP contribution < -0.4 is 14.8 Å². The van der Waals surface area contributed by atoms with E-state index in [1.165, 1.54) is 11.1 Å². The van der Waals surface area contributed by atoms with Crippen molar-refractivity contribution in [3.8, 4) is 17.2 Å². The first kappa shape index (κ1) is 22.3. The number of hydrogen-bond acceptors (Lipinski definition) is 5. The van der Waals surface area contributed by atoms with E-state index >= 15 is 0 Å². The topological polar surface area (TPSA) is 67.8 Å². The fraction of sp³-hybridized carbons (Fsp3) is 0.269. The average molecular weight is 452 g/mol.